The summed E-state index contributed by atoms with van der Waals surface area (Å²) in [5.74, 6) is 5.54. The van der Waals surface area contributed by atoms with Gasteiger partial charge < -0.3 is 15.2 Å². The quantitative estimate of drug-likeness (QED) is 0.0703. The van der Waals surface area contributed by atoms with Gasteiger partial charge in [0.15, 0.2) is 6.29 Å². The van der Waals surface area contributed by atoms with Gasteiger partial charge in [-0.1, -0.05) is 73.0 Å². The summed E-state index contributed by atoms with van der Waals surface area (Å²) >= 11 is 6.96. The first-order valence-corrected chi connectivity index (χ1v) is 22.8. The van der Waals surface area contributed by atoms with Crippen LogP contribution in [-0.2, 0) is 20.7 Å². The molecule has 1 aromatic rings. The van der Waals surface area contributed by atoms with Crippen molar-refractivity contribution in [2.24, 2.45) is 58.2 Å². The minimum atomic E-state index is -0.547. The summed E-state index contributed by atoms with van der Waals surface area (Å²) in [7, 11) is 0. The van der Waals surface area contributed by atoms with Crippen LogP contribution in [0.4, 0.5) is 5.69 Å². The molecule has 3 saturated carbocycles. The molecule has 11 atom stereocenters. The molecular weight excluding hydrogens is 947 g/mol. The number of nitrogen functional groups attached to an aromatic ring is 1. The van der Waals surface area contributed by atoms with Crippen LogP contribution in [0.2, 0.25) is 0 Å². The first-order chi connectivity index (χ1) is 23.1. The molecule has 4 nitrogen and oxygen atoms in total. The van der Waals surface area contributed by atoms with Gasteiger partial charge in [0.1, 0.15) is 0 Å². The van der Waals surface area contributed by atoms with Gasteiger partial charge >= 0.3 is 5.97 Å². The van der Waals surface area contributed by atoms with Gasteiger partial charge in [0, 0.05) is 10.7 Å². The molecule has 7 heteroatoms. The van der Waals surface area contributed by atoms with Crippen molar-refractivity contribution in [3.05, 3.63) is 34.0 Å². The van der Waals surface area contributed by atoms with Crippen molar-refractivity contribution in [3.8, 4) is 0 Å². The lowest BCUT2D eigenvalue weighted by Gasteiger charge is -2.58. The number of rotatable bonds is 13. The highest BCUT2D eigenvalue weighted by Crippen LogP contribution is 2.67. The van der Waals surface area contributed by atoms with Crippen molar-refractivity contribution in [2.45, 2.75) is 151 Å². The van der Waals surface area contributed by atoms with Crippen LogP contribution in [0.15, 0.2) is 17.7 Å². The molecule has 5 rings (SSSR count). The smallest absolute Gasteiger partial charge is 0.311 e. The Hall–Kier alpha value is 0.380. The van der Waals surface area contributed by atoms with E-state index in [9.17, 15) is 4.79 Å². The van der Waals surface area contributed by atoms with Crippen molar-refractivity contribution in [2.75, 3.05) is 5.73 Å². The summed E-state index contributed by atoms with van der Waals surface area (Å²) in [6, 6.07) is 2.10. The zero-order chi connectivity index (χ0) is 35.8. The van der Waals surface area contributed by atoms with Gasteiger partial charge in [0.05, 0.1) is 17.7 Å². The van der Waals surface area contributed by atoms with E-state index in [2.05, 4.69) is 128 Å². The highest BCUT2D eigenvalue weighted by molar-refractivity contribution is 14.1. The van der Waals surface area contributed by atoms with E-state index in [4.69, 9.17) is 15.2 Å². The fourth-order valence-corrected chi connectivity index (χ4v) is 15.3. The number of benzene rings is 1. The molecular formula is C42H64I3NO3. The van der Waals surface area contributed by atoms with Crippen molar-refractivity contribution in [1.29, 1.82) is 0 Å². The molecule has 0 aromatic heterocycles. The van der Waals surface area contributed by atoms with Crippen LogP contribution in [0.25, 0.3) is 0 Å². The Labute approximate surface area is 339 Å². The zero-order valence-corrected chi connectivity index (χ0v) is 38.0. The third kappa shape index (κ3) is 8.39. The number of carbonyl (C=O) groups excluding carboxylic acids is 1. The van der Waals surface area contributed by atoms with Crippen LogP contribution in [0.1, 0.15) is 138 Å². The minimum absolute atomic E-state index is 0.111. The van der Waals surface area contributed by atoms with E-state index in [1.165, 1.54) is 57.8 Å². The lowest BCUT2D eigenvalue weighted by atomic mass is 9.47. The van der Waals surface area contributed by atoms with Gasteiger partial charge in [0.25, 0.3) is 0 Å². The number of hydrogen-bond donors (Lipinski definition) is 1. The highest BCUT2D eigenvalue weighted by atomic mass is 127. The number of halogens is 3. The molecule has 4 aliphatic rings. The predicted octanol–water partition coefficient (Wildman–Crippen LogP) is 12.6. The SMILES string of the molecule is CCC(Cc1c(I)cc(I)c(N)c1I)C(=O)OC(C)O[C@H]1CC[C@@]2(C)C(=CCC3C2CC[C@@]2(C)C3CC[C@@H]2[C@H](C)CCC(CC)C(C)C)C1. The number of allylic oxidation sites excluding steroid dienone is 1. The topological polar surface area (TPSA) is 61.6 Å². The standard InChI is InChI=1S/C42H64I3NO3/c1-9-27(24(3)4)12-11-25(5)33-15-16-34-31-14-13-29-22-30(17-19-41(29,7)35(31)18-20-42(33,34)8)48-26(6)49-40(47)28(10-2)21-32-36(43)23-37(44)39(46)38(32)45/h13,23-28,30-31,33-35H,9-12,14-22,46H2,1-8H3/t25-,26?,27?,28?,30+,31?,33-,34?,35?,41+,42-/m1/s1. The molecule has 0 radical (unpaired) electrons. The molecule has 3 fully saturated rings. The molecule has 0 bridgehead atoms. The van der Waals surface area contributed by atoms with Crippen LogP contribution in [-0.4, -0.2) is 18.4 Å². The monoisotopic (exact) mass is 1010 g/mol. The molecule has 4 aliphatic carbocycles. The van der Waals surface area contributed by atoms with Crippen LogP contribution >= 0.6 is 67.8 Å². The largest absolute Gasteiger partial charge is 0.436 e. The maximum absolute atomic E-state index is 13.4. The Morgan fingerprint density at radius 3 is 2.37 bits per heavy atom. The molecule has 0 aliphatic heterocycles. The average molecular weight is 1010 g/mol. The molecule has 276 valence electrons. The molecule has 2 N–H and O–H groups in total. The summed E-state index contributed by atoms with van der Waals surface area (Å²) < 4.78 is 15.7. The summed E-state index contributed by atoms with van der Waals surface area (Å²) in [6.45, 7) is 19.1. The maximum Gasteiger partial charge on any atom is 0.311 e. The van der Waals surface area contributed by atoms with Gasteiger partial charge in [-0.3, -0.25) is 4.79 Å². The number of esters is 1. The number of fused-ring (bicyclic) bond motifs is 5. The maximum atomic E-state index is 13.4. The molecule has 0 saturated heterocycles. The second-order valence-electron chi connectivity index (χ2n) is 17.3. The van der Waals surface area contributed by atoms with E-state index in [0.29, 0.717) is 11.8 Å². The number of ether oxygens (including phenoxy) is 2. The summed E-state index contributed by atoms with van der Waals surface area (Å²) in [6.07, 6.45) is 17.9. The van der Waals surface area contributed by atoms with E-state index >= 15 is 0 Å². The van der Waals surface area contributed by atoms with E-state index in [0.717, 1.165) is 82.6 Å². The normalized spacial score (nSPS) is 33.6. The molecule has 0 spiro atoms. The van der Waals surface area contributed by atoms with Gasteiger partial charge in [0.2, 0.25) is 0 Å². The summed E-state index contributed by atoms with van der Waals surface area (Å²) in [5.41, 5.74) is 10.7. The fourth-order valence-electron chi connectivity index (χ4n) is 11.4. The molecule has 6 unspecified atom stereocenters. The van der Waals surface area contributed by atoms with E-state index < -0.39 is 6.29 Å². The third-order valence-electron chi connectivity index (χ3n) is 14.5. The molecule has 0 amide bonds. The highest BCUT2D eigenvalue weighted by Gasteiger charge is 2.59. The average Bonchev–Trinajstić information content (AvgIpc) is 3.41. The zero-order valence-electron chi connectivity index (χ0n) is 31.6. The van der Waals surface area contributed by atoms with Crippen molar-refractivity contribution < 1.29 is 14.3 Å². The van der Waals surface area contributed by atoms with E-state index in [1.54, 1.807) is 5.57 Å². The first-order valence-electron chi connectivity index (χ1n) is 19.6. The number of carbonyl (C=O) groups is 1. The van der Waals surface area contributed by atoms with Crippen molar-refractivity contribution in [3.63, 3.8) is 0 Å². The number of anilines is 1. The summed E-state index contributed by atoms with van der Waals surface area (Å²) in [4.78, 5) is 13.4. The Kier molecular flexibility index (Phi) is 13.9. The second kappa shape index (κ2) is 16.8. The molecule has 0 heterocycles. The van der Waals surface area contributed by atoms with Crippen LogP contribution in [0, 0.1) is 68.9 Å². The van der Waals surface area contributed by atoms with E-state index in [-0.39, 0.29) is 23.4 Å². The molecule has 49 heavy (non-hydrogen) atoms. The van der Waals surface area contributed by atoms with Gasteiger partial charge in [-0.15, -0.1) is 0 Å². The Balaban J connectivity index is 1.18. The van der Waals surface area contributed by atoms with Crippen molar-refractivity contribution in [1.82, 2.24) is 0 Å². The van der Waals surface area contributed by atoms with Crippen LogP contribution < -0.4 is 5.73 Å². The Morgan fingerprint density at radius 2 is 1.69 bits per heavy atom. The van der Waals surface area contributed by atoms with E-state index in [1.807, 2.05) is 6.92 Å². The number of nitrogens with two attached hydrogens (primary N) is 1. The van der Waals surface area contributed by atoms with Gasteiger partial charge in [-0.2, -0.15) is 0 Å². The molecule has 1 aromatic carbocycles. The van der Waals surface area contributed by atoms with Gasteiger partial charge in [-0.25, -0.2) is 0 Å². The first kappa shape index (κ1) is 40.6. The summed E-state index contributed by atoms with van der Waals surface area (Å²) in [5, 5.41) is 0. The lowest BCUT2D eigenvalue weighted by Crippen LogP contribution is -2.51. The third-order valence-corrected chi connectivity index (χ3v) is 17.6. The lowest BCUT2D eigenvalue weighted by molar-refractivity contribution is -0.192. The predicted molar refractivity (Wildman–Crippen MR) is 229 cm³/mol. The van der Waals surface area contributed by atoms with Crippen molar-refractivity contribution >= 4 is 79.4 Å². The Morgan fingerprint density at radius 1 is 0.959 bits per heavy atom. The number of hydrogen-bond acceptors (Lipinski definition) is 4. The van der Waals surface area contributed by atoms with Crippen LogP contribution in [0.3, 0.4) is 0 Å². The second-order valence-corrected chi connectivity index (χ2v) is 20.7. The van der Waals surface area contributed by atoms with Crippen LogP contribution in [0.5, 0.6) is 0 Å². The van der Waals surface area contributed by atoms with Gasteiger partial charge in [-0.05, 0) is 209 Å². The minimum Gasteiger partial charge on any atom is -0.436 e. The fraction of sp³-hybridized carbons (Fsp3) is 0.786. The Bertz CT molecular complexity index is 1360.